The molecule has 1 aliphatic carbocycles. The minimum atomic E-state index is -0.0742. The zero-order chi connectivity index (χ0) is 14.1. The van der Waals surface area contributed by atoms with Crippen LogP contribution in [-0.4, -0.2) is 9.97 Å². The van der Waals surface area contributed by atoms with E-state index in [0.717, 1.165) is 37.2 Å². The predicted octanol–water partition coefficient (Wildman–Crippen LogP) is 3.56. The van der Waals surface area contributed by atoms with Gasteiger partial charge in [-0.2, -0.15) is 0 Å². The van der Waals surface area contributed by atoms with Crippen LogP contribution in [0.15, 0.2) is 33.5 Å². The molecule has 2 aromatic rings. The highest BCUT2D eigenvalue weighted by Crippen LogP contribution is 2.34. The molecule has 0 fully saturated rings. The van der Waals surface area contributed by atoms with Crippen LogP contribution < -0.4 is 5.56 Å². The zero-order valence-electron chi connectivity index (χ0n) is 11.4. The van der Waals surface area contributed by atoms with E-state index in [9.17, 15) is 4.79 Å². The topological polar surface area (TPSA) is 45.8 Å². The lowest BCUT2D eigenvalue weighted by Crippen LogP contribution is -2.21. The van der Waals surface area contributed by atoms with E-state index in [0.29, 0.717) is 4.47 Å². The smallest absolute Gasteiger partial charge is 0.265 e. The van der Waals surface area contributed by atoms with Crippen LogP contribution in [-0.2, 0) is 12.8 Å². The molecule has 0 saturated heterocycles. The number of nitrogens with one attached hydrogen (secondary N) is 1. The van der Waals surface area contributed by atoms with Crippen LogP contribution in [0.5, 0.6) is 0 Å². The van der Waals surface area contributed by atoms with Gasteiger partial charge in [-0.1, -0.05) is 31.2 Å². The maximum Gasteiger partial charge on any atom is 0.265 e. The first-order chi connectivity index (χ1) is 9.70. The molecule has 1 aromatic heterocycles. The number of hydrogen-bond donors (Lipinski definition) is 1. The summed E-state index contributed by atoms with van der Waals surface area (Å²) in [5.74, 6) is 1.02. The molecule has 4 heteroatoms. The van der Waals surface area contributed by atoms with E-state index < -0.39 is 0 Å². The van der Waals surface area contributed by atoms with Gasteiger partial charge in [0.05, 0.1) is 5.69 Å². The van der Waals surface area contributed by atoms with Gasteiger partial charge in [-0.3, -0.25) is 4.79 Å². The number of aryl methyl sites for hydroxylation is 2. The van der Waals surface area contributed by atoms with E-state index in [1.165, 1.54) is 11.1 Å². The Bertz CT molecular complexity index is 693. The fourth-order valence-electron chi connectivity index (χ4n) is 2.96. The standard InChI is InChI=1S/C16H17BrN2O/c1-2-13-14(17)16(20)19-15(18-13)12-9-5-7-10-6-3-4-8-11(10)12/h3-4,6,8,12H,2,5,7,9H2,1H3,(H,18,19,20). The molecular formula is C16H17BrN2O. The maximum absolute atomic E-state index is 12.0. The van der Waals surface area contributed by atoms with Gasteiger partial charge >= 0.3 is 0 Å². The lowest BCUT2D eigenvalue weighted by molar-refractivity contribution is 0.585. The predicted molar refractivity (Wildman–Crippen MR) is 83.2 cm³/mol. The Morgan fingerprint density at radius 3 is 3.00 bits per heavy atom. The van der Waals surface area contributed by atoms with Gasteiger partial charge in [-0.25, -0.2) is 4.98 Å². The third-order valence-corrected chi connectivity index (χ3v) is 4.80. The van der Waals surface area contributed by atoms with Crippen molar-refractivity contribution < 1.29 is 0 Å². The summed E-state index contributed by atoms with van der Waals surface area (Å²) in [7, 11) is 0. The van der Waals surface area contributed by atoms with Crippen molar-refractivity contribution in [1.29, 1.82) is 0 Å². The third-order valence-electron chi connectivity index (χ3n) is 3.98. The first-order valence-electron chi connectivity index (χ1n) is 7.07. The Hall–Kier alpha value is -1.42. The quantitative estimate of drug-likeness (QED) is 0.913. The van der Waals surface area contributed by atoms with Crippen molar-refractivity contribution in [2.24, 2.45) is 0 Å². The summed E-state index contributed by atoms with van der Waals surface area (Å²) in [6, 6.07) is 8.48. The van der Waals surface area contributed by atoms with Crippen molar-refractivity contribution in [3.05, 3.63) is 61.7 Å². The number of hydrogen-bond acceptors (Lipinski definition) is 2. The normalized spacial score (nSPS) is 17.8. The van der Waals surface area contributed by atoms with Crippen molar-refractivity contribution in [2.45, 2.75) is 38.5 Å². The van der Waals surface area contributed by atoms with Crippen LogP contribution in [0.2, 0.25) is 0 Å². The molecule has 1 aliphatic rings. The first kappa shape index (κ1) is 13.6. The molecule has 1 aromatic carbocycles. The summed E-state index contributed by atoms with van der Waals surface area (Å²) in [6.45, 7) is 2.02. The molecule has 1 unspecified atom stereocenters. The van der Waals surface area contributed by atoms with Gasteiger partial charge in [0.2, 0.25) is 0 Å². The highest BCUT2D eigenvalue weighted by atomic mass is 79.9. The van der Waals surface area contributed by atoms with Gasteiger partial charge < -0.3 is 4.98 Å². The molecule has 0 aliphatic heterocycles. The minimum Gasteiger partial charge on any atom is -0.309 e. The molecule has 0 radical (unpaired) electrons. The van der Waals surface area contributed by atoms with Crippen molar-refractivity contribution >= 4 is 15.9 Å². The Morgan fingerprint density at radius 1 is 1.40 bits per heavy atom. The van der Waals surface area contributed by atoms with Gasteiger partial charge in [0.25, 0.3) is 5.56 Å². The molecule has 1 atom stereocenters. The van der Waals surface area contributed by atoms with E-state index in [2.05, 4.69) is 50.2 Å². The summed E-state index contributed by atoms with van der Waals surface area (Å²) >= 11 is 3.32. The van der Waals surface area contributed by atoms with Crippen LogP contribution in [0.3, 0.4) is 0 Å². The SMILES string of the molecule is CCc1nc(C2CCCc3ccccc32)[nH]c(=O)c1Br. The number of rotatable bonds is 2. The van der Waals surface area contributed by atoms with Gasteiger partial charge in [-0.05, 0) is 52.7 Å². The summed E-state index contributed by atoms with van der Waals surface area (Å²) in [6.07, 6.45) is 4.06. The van der Waals surface area contributed by atoms with Crippen LogP contribution in [0.25, 0.3) is 0 Å². The number of benzene rings is 1. The molecule has 0 saturated carbocycles. The van der Waals surface area contributed by atoms with Gasteiger partial charge in [-0.15, -0.1) is 0 Å². The van der Waals surface area contributed by atoms with Crippen molar-refractivity contribution in [3.63, 3.8) is 0 Å². The fraction of sp³-hybridized carbons (Fsp3) is 0.375. The van der Waals surface area contributed by atoms with Crippen LogP contribution >= 0.6 is 15.9 Å². The lowest BCUT2D eigenvalue weighted by Gasteiger charge is -2.25. The number of fused-ring (bicyclic) bond motifs is 1. The third kappa shape index (κ3) is 2.33. The highest BCUT2D eigenvalue weighted by molar-refractivity contribution is 9.10. The summed E-state index contributed by atoms with van der Waals surface area (Å²) < 4.78 is 0.563. The van der Waals surface area contributed by atoms with E-state index in [4.69, 9.17) is 0 Å². The monoisotopic (exact) mass is 332 g/mol. The molecular weight excluding hydrogens is 316 g/mol. The average Bonchev–Trinajstić information content (AvgIpc) is 2.49. The summed E-state index contributed by atoms with van der Waals surface area (Å²) in [5, 5.41) is 0. The number of nitrogens with zero attached hydrogens (tertiary/aromatic N) is 1. The second-order valence-corrected chi connectivity index (χ2v) is 6.00. The van der Waals surface area contributed by atoms with Gasteiger partial charge in [0.15, 0.2) is 0 Å². The van der Waals surface area contributed by atoms with E-state index in [-0.39, 0.29) is 11.5 Å². The number of halogens is 1. The second-order valence-electron chi connectivity index (χ2n) is 5.21. The van der Waals surface area contributed by atoms with Crippen molar-refractivity contribution in [1.82, 2.24) is 9.97 Å². The highest BCUT2D eigenvalue weighted by Gasteiger charge is 2.24. The van der Waals surface area contributed by atoms with Gasteiger partial charge in [0.1, 0.15) is 10.3 Å². The first-order valence-corrected chi connectivity index (χ1v) is 7.86. The van der Waals surface area contributed by atoms with Gasteiger partial charge in [0, 0.05) is 5.92 Å². The molecule has 0 amide bonds. The Labute approximate surface area is 126 Å². The molecule has 3 nitrogen and oxygen atoms in total. The minimum absolute atomic E-state index is 0.0742. The molecule has 20 heavy (non-hydrogen) atoms. The Morgan fingerprint density at radius 2 is 2.20 bits per heavy atom. The summed E-state index contributed by atoms with van der Waals surface area (Å²) in [5.41, 5.74) is 3.46. The maximum atomic E-state index is 12.0. The Balaban J connectivity index is 2.11. The van der Waals surface area contributed by atoms with Crippen LogP contribution in [0, 0.1) is 0 Å². The fourth-order valence-corrected chi connectivity index (χ4v) is 3.43. The molecule has 1 heterocycles. The van der Waals surface area contributed by atoms with Crippen LogP contribution in [0.1, 0.15) is 48.3 Å². The summed E-state index contributed by atoms with van der Waals surface area (Å²) in [4.78, 5) is 19.7. The van der Waals surface area contributed by atoms with E-state index >= 15 is 0 Å². The van der Waals surface area contributed by atoms with Crippen molar-refractivity contribution in [3.8, 4) is 0 Å². The average molecular weight is 333 g/mol. The largest absolute Gasteiger partial charge is 0.309 e. The van der Waals surface area contributed by atoms with E-state index in [1.807, 2.05) is 6.92 Å². The number of H-pyrrole nitrogens is 1. The van der Waals surface area contributed by atoms with Crippen molar-refractivity contribution in [2.75, 3.05) is 0 Å². The van der Waals surface area contributed by atoms with E-state index in [1.54, 1.807) is 0 Å². The Kier molecular flexibility index (Phi) is 3.74. The molecule has 104 valence electrons. The molecule has 3 rings (SSSR count). The lowest BCUT2D eigenvalue weighted by atomic mass is 9.82. The number of aromatic amines is 1. The van der Waals surface area contributed by atoms with Crippen LogP contribution in [0.4, 0.5) is 0 Å². The second kappa shape index (κ2) is 5.52. The molecule has 0 spiro atoms. The number of aromatic nitrogens is 2. The molecule has 1 N–H and O–H groups in total. The molecule has 0 bridgehead atoms. The zero-order valence-corrected chi connectivity index (χ0v) is 13.0.